The highest BCUT2D eigenvalue weighted by Gasteiger charge is 2.43. The number of ether oxygens (including phenoxy) is 2. The van der Waals surface area contributed by atoms with E-state index in [9.17, 15) is 28.2 Å². The number of rotatable bonds is 19. The van der Waals surface area contributed by atoms with E-state index in [4.69, 9.17) is 9.47 Å². The molecule has 54 heavy (non-hydrogen) atoms. The lowest BCUT2D eigenvalue weighted by Crippen LogP contribution is -2.55. The maximum Gasteiger partial charge on any atom is 0.264 e. The third-order valence-corrected chi connectivity index (χ3v) is 10.9. The predicted octanol–water partition coefficient (Wildman–Crippen LogP) is 6.41. The van der Waals surface area contributed by atoms with E-state index in [0.29, 0.717) is 36.5 Å². The van der Waals surface area contributed by atoms with Crippen LogP contribution < -0.4 is 20.1 Å². The summed E-state index contributed by atoms with van der Waals surface area (Å²) < 4.78 is 23.6. The van der Waals surface area contributed by atoms with Gasteiger partial charge in [0.15, 0.2) is 11.5 Å². The summed E-state index contributed by atoms with van der Waals surface area (Å²) in [7, 11) is 0.164. The maximum absolute atomic E-state index is 13.9. The number of hydrogen-bond acceptors (Lipinski definition) is 8. The number of carbonyl (C=O) groups is 5. The van der Waals surface area contributed by atoms with Crippen molar-refractivity contribution in [2.75, 3.05) is 37.6 Å². The Kier molecular flexibility index (Phi) is 15.2. The average molecular weight is 767 g/mol. The first-order valence-corrected chi connectivity index (χ1v) is 20.9. The highest BCUT2D eigenvalue weighted by atomic mass is 32.2. The van der Waals surface area contributed by atoms with Crippen molar-refractivity contribution in [2.45, 2.75) is 117 Å². The summed E-state index contributed by atoms with van der Waals surface area (Å²) in [6.45, 7) is 11.0. The van der Waals surface area contributed by atoms with Crippen LogP contribution in [0.1, 0.15) is 131 Å². The molecular weight excluding hydrogens is 709 g/mol. The molecule has 2 heterocycles. The average Bonchev–Trinajstić information content (AvgIpc) is 3.66. The summed E-state index contributed by atoms with van der Waals surface area (Å²) in [5.74, 6) is -0.474. The fourth-order valence-electron chi connectivity index (χ4n) is 7.20. The lowest BCUT2D eigenvalue weighted by molar-refractivity contribution is -0.140. The van der Waals surface area contributed by atoms with E-state index in [2.05, 4.69) is 17.6 Å². The number of methoxy groups -OCH3 is 1. The zero-order valence-electron chi connectivity index (χ0n) is 33.0. The van der Waals surface area contributed by atoms with Crippen molar-refractivity contribution in [1.29, 1.82) is 0 Å². The summed E-state index contributed by atoms with van der Waals surface area (Å²) >= 11 is 0. The van der Waals surface area contributed by atoms with Crippen LogP contribution in [0.15, 0.2) is 36.4 Å². The molecule has 0 radical (unpaired) electrons. The van der Waals surface area contributed by atoms with Gasteiger partial charge < -0.3 is 25.0 Å². The molecule has 4 atom stereocenters. The SMILES string of the molecule is CCOc1cc(C(CS(C)=O)N2C(=O)c3cccc(NC(=O)CCCCCCCCC(=O)NC(C(=O)N4CCCC4C)C(C)(C)C)c3C2=O)ccc1OC. The fraction of sp³-hybridized carbons (Fsp3) is 0.585. The van der Waals surface area contributed by atoms with Gasteiger partial charge in [-0.3, -0.25) is 33.1 Å². The number of hydrogen-bond donors (Lipinski definition) is 2. The Morgan fingerprint density at radius 1 is 0.944 bits per heavy atom. The van der Waals surface area contributed by atoms with Gasteiger partial charge in [0.1, 0.15) is 6.04 Å². The number of nitrogens with zero attached hydrogens (tertiary/aromatic N) is 2. The van der Waals surface area contributed by atoms with Crippen molar-refractivity contribution >= 4 is 46.0 Å². The van der Waals surface area contributed by atoms with E-state index in [1.54, 1.807) is 36.4 Å². The van der Waals surface area contributed by atoms with Crippen LogP contribution in [0.5, 0.6) is 11.5 Å². The first kappa shape index (κ1) is 42.5. The van der Waals surface area contributed by atoms with Crippen LogP contribution in [0.3, 0.4) is 0 Å². The molecule has 1 saturated heterocycles. The summed E-state index contributed by atoms with van der Waals surface area (Å²) in [5.41, 5.74) is 0.754. The molecule has 4 rings (SSSR count). The number of carbonyl (C=O) groups excluding carboxylic acids is 5. The van der Waals surface area contributed by atoms with Crippen LogP contribution in [0.4, 0.5) is 5.69 Å². The Morgan fingerprint density at radius 3 is 2.20 bits per heavy atom. The van der Waals surface area contributed by atoms with Gasteiger partial charge in [-0.15, -0.1) is 0 Å². The van der Waals surface area contributed by atoms with Gasteiger partial charge in [0.25, 0.3) is 11.8 Å². The molecule has 0 bridgehead atoms. The molecule has 2 aromatic rings. The Hall–Kier alpha value is -4.26. The number of benzene rings is 2. The van der Waals surface area contributed by atoms with Gasteiger partial charge in [0.05, 0.1) is 36.6 Å². The van der Waals surface area contributed by atoms with Crippen molar-refractivity contribution in [3.63, 3.8) is 0 Å². The number of unbranched alkanes of at least 4 members (excludes halogenated alkanes) is 5. The van der Waals surface area contributed by atoms with Crippen LogP contribution in [-0.4, -0.2) is 87.9 Å². The van der Waals surface area contributed by atoms with E-state index in [1.807, 2.05) is 32.6 Å². The highest BCUT2D eigenvalue weighted by Crippen LogP contribution is 2.38. The molecule has 2 aromatic carbocycles. The molecule has 2 aliphatic rings. The molecule has 2 aliphatic heterocycles. The molecule has 0 aromatic heterocycles. The molecular formula is C41H58N4O8S. The number of nitrogens with one attached hydrogen (secondary N) is 2. The topological polar surface area (TPSA) is 151 Å². The lowest BCUT2D eigenvalue weighted by Gasteiger charge is -2.35. The molecule has 0 aliphatic carbocycles. The summed E-state index contributed by atoms with van der Waals surface area (Å²) in [5, 5.41) is 5.86. The maximum atomic E-state index is 13.9. The van der Waals surface area contributed by atoms with Crippen LogP contribution >= 0.6 is 0 Å². The van der Waals surface area contributed by atoms with Crippen molar-refractivity contribution in [3.8, 4) is 11.5 Å². The molecule has 0 spiro atoms. The van der Waals surface area contributed by atoms with Crippen LogP contribution in [0, 0.1) is 5.41 Å². The first-order chi connectivity index (χ1) is 25.7. The standard InChI is InChI=1S/C41H58N4O8S/c1-8-53-33-25-28(22-23-32(33)52-6)31(26-54(7)51)45-38(48)29-18-15-19-30(36(29)39(45)49)42-34(46)20-13-11-9-10-12-14-21-35(47)43-37(41(3,4)5)40(50)44-24-16-17-27(44)2/h15,18-19,22-23,25,27,31,37H,8-14,16-17,20-21,24,26H2,1-7H3,(H,42,46)(H,43,47). The summed E-state index contributed by atoms with van der Waals surface area (Å²) in [4.78, 5) is 69.7. The van der Waals surface area contributed by atoms with Crippen molar-refractivity contribution in [3.05, 3.63) is 53.1 Å². The van der Waals surface area contributed by atoms with Crippen LogP contribution in [-0.2, 0) is 25.2 Å². The third-order valence-electron chi connectivity index (χ3n) is 10.1. The first-order valence-electron chi connectivity index (χ1n) is 19.2. The van der Waals surface area contributed by atoms with Crippen molar-refractivity contribution < 1.29 is 37.7 Å². The molecule has 13 heteroatoms. The van der Waals surface area contributed by atoms with E-state index in [-0.39, 0.29) is 58.2 Å². The molecule has 5 amide bonds. The lowest BCUT2D eigenvalue weighted by atomic mass is 9.85. The Morgan fingerprint density at radius 2 is 1.61 bits per heavy atom. The normalized spacial score (nSPS) is 17.2. The van der Waals surface area contributed by atoms with E-state index >= 15 is 0 Å². The quantitative estimate of drug-likeness (QED) is 0.123. The van der Waals surface area contributed by atoms with Crippen LogP contribution in [0.2, 0.25) is 0 Å². The third kappa shape index (κ3) is 10.7. The van der Waals surface area contributed by atoms with Gasteiger partial charge in [0, 0.05) is 48.2 Å². The van der Waals surface area contributed by atoms with E-state index in [1.165, 1.54) is 13.4 Å². The van der Waals surface area contributed by atoms with Crippen LogP contribution in [0.25, 0.3) is 0 Å². The monoisotopic (exact) mass is 766 g/mol. The smallest absolute Gasteiger partial charge is 0.264 e. The Labute approximate surface area is 322 Å². The largest absolute Gasteiger partial charge is 0.493 e. The van der Waals surface area contributed by atoms with Gasteiger partial charge in [-0.25, -0.2) is 0 Å². The van der Waals surface area contributed by atoms with E-state index < -0.39 is 34.7 Å². The van der Waals surface area contributed by atoms with Gasteiger partial charge >= 0.3 is 0 Å². The molecule has 4 unspecified atom stereocenters. The number of fused-ring (bicyclic) bond motifs is 1. The van der Waals surface area contributed by atoms with Gasteiger partial charge in [0.2, 0.25) is 17.7 Å². The minimum Gasteiger partial charge on any atom is -0.493 e. The van der Waals surface area contributed by atoms with Gasteiger partial charge in [-0.1, -0.05) is 58.6 Å². The van der Waals surface area contributed by atoms with E-state index in [0.717, 1.165) is 56.4 Å². The second-order valence-electron chi connectivity index (χ2n) is 15.4. The van der Waals surface area contributed by atoms with Gasteiger partial charge in [-0.05, 0) is 74.8 Å². The Bertz CT molecular complexity index is 1710. The molecule has 296 valence electrons. The number of imide groups is 1. The van der Waals surface area contributed by atoms with Crippen molar-refractivity contribution in [2.24, 2.45) is 5.41 Å². The fourth-order valence-corrected chi connectivity index (χ4v) is 7.99. The number of amides is 5. The second-order valence-corrected chi connectivity index (χ2v) is 16.8. The summed E-state index contributed by atoms with van der Waals surface area (Å²) in [6, 6.07) is 8.74. The molecule has 2 N–H and O–H groups in total. The Balaban J connectivity index is 1.25. The zero-order valence-corrected chi connectivity index (χ0v) is 33.8. The second kappa shape index (κ2) is 19.4. The molecule has 1 fully saturated rings. The van der Waals surface area contributed by atoms with Gasteiger partial charge in [-0.2, -0.15) is 0 Å². The minimum atomic E-state index is -1.36. The molecule has 12 nitrogen and oxygen atoms in total. The number of anilines is 1. The predicted molar refractivity (Wildman–Crippen MR) is 210 cm³/mol. The summed E-state index contributed by atoms with van der Waals surface area (Å²) in [6.07, 6.45) is 9.02. The highest BCUT2D eigenvalue weighted by molar-refractivity contribution is 7.84. The van der Waals surface area contributed by atoms with Crippen molar-refractivity contribution in [1.82, 2.24) is 15.1 Å². The minimum absolute atomic E-state index is 0.00412. The zero-order chi connectivity index (χ0) is 39.6. The molecule has 0 saturated carbocycles. The number of likely N-dealkylation sites (tertiary alicyclic amines) is 1.